The second-order valence-corrected chi connectivity index (χ2v) is 5.57. The maximum atomic E-state index is 14.2. The number of rotatable bonds is 3. The van der Waals surface area contributed by atoms with Crippen molar-refractivity contribution in [1.29, 1.82) is 0 Å². The molecule has 0 saturated carbocycles. The third-order valence-corrected chi connectivity index (χ3v) is 3.99. The monoisotopic (exact) mass is 439 g/mol. The van der Waals surface area contributed by atoms with Gasteiger partial charge >= 0.3 is 11.9 Å². The van der Waals surface area contributed by atoms with Crippen LogP contribution in [0.15, 0.2) is 23.4 Å². The number of hydrogen-bond donors (Lipinski definition) is 0. The topological polar surface area (TPSA) is 65.1 Å². The number of halogens is 3. The van der Waals surface area contributed by atoms with Crippen molar-refractivity contribution in [3.8, 4) is 0 Å². The van der Waals surface area contributed by atoms with Crippen molar-refractivity contribution >= 4 is 40.2 Å². The van der Waals surface area contributed by atoms with Crippen molar-refractivity contribution in [2.45, 2.75) is 0 Å². The molecule has 6 nitrogen and oxygen atoms in total. The highest BCUT2D eigenvalue weighted by Gasteiger charge is 2.35. The second kappa shape index (κ2) is 7.21. The summed E-state index contributed by atoms with van der Waals surface area (Å²) in [7, 11) is 2.25. The van der Waals surface area contributed by atoms with Crippen molar-refractivity contribution < 1.29 is 32.6 Å². The van der Waals surface area contributed by atoms with E-state index >= 15 is 0 Å². The molecule has 0 N–H and O–H groups in total. The lowest BCUT2D eigenvalue weighted by molar-refractivity contribution is -0.140. The van der Waals surface area contributed by atoms with Gasteiger partial charge in [-0.05, 0) is 34.7 Å². The van der Waals surface area contributed by atoms with E-state index in [2.05, 4.69) is 9.47 Å². The van der Waals surface area contributed by atoms with E-state index in [0.717, 1.165) is 25.2 Å². The minimum absolute atomic E-state index is 0.134. The lowest BCUT2D eigenvalue weighted by Crippen LogP contribution is -2.39. The Hall–Kier alpha value is -1.75. The molecule has 0 fully saturated rings. The van der Waals surface area contributed by atoms with Crippen LogP contribution in [0.25, 0.3) is 0 Å². The zero-order chi connectivity index (χ0) is 17.1. The first-order valence-electron chi connectivity index (χ1n) is 6.30. The highest BCUT2D eigenvalue weighted by molar-refractivity contribution is 14.1. The van der Waals surface area contributed by atoms with Crippen LogP contribution in [-0.2, 0) is 23.8 Å². The van der Waals surface area contributed by atoms with Gasteiger partial charge in [-0.15, -0.1) is 0 Å². The van der Waals surface area contributed by atoms with Gasteiger partial charge in [-0.1, -0.05) is 0 Å². The van der Waals surface area contributed by atoms with E-state index in [1.54, 1.807) is 22.6 Å². The average molecular weight is 439 g/mol. The second-order valence-electron chi connectivity index (χ2n) is 4.41. The van der Waals surface area contributed by atoms with Gasteiger partial charge in [-0.2, -0.15) is 0 Å². The Labute approximate surface area is 144 Å². The van der Waals surface area contributed by atoms with Crippen LogP contribution >= 0.6 is 22.6 Å². The third kappa shape index (κ3) is 3.29. The Kier molecular flexibility index (Phi) is 5.52. The Balaban J connectivity index is 2.68. The Morgan fingerprint density at radius 3 is 2.48 bits per heavy atom. The van der Waals surface area contributed by atoms with Crippen molar-refractivity contribution in [2.24, 2.45) is 0 Å². The molecule has 1 aromatic carbocycles. The number of nitrogens with zero attached hydrogens (tertiary/aromatic N) is 1. The zero-order valence-electron chi connectivity index (χ0n) is 12.2. The molecule has 0 saturated heterocycles. The number of carbonyl (C=O) groups excluding carboxylic acids is 2. The number of esters is 2. The predicted octanol–water partition coefficient (Wildman–Crippen LogP) is 1.96. The molecule has 0 atom stereocenters. The molecule has 0 bridgehead atoms. The van der Waals surface area contributed by atoms with Crippen molar-refractivity contribution in [3.05, 3.63) is 38.6 Å². The van der Waals surface area contributed by atoms with E-state index in [0.29, 0.717) is 3.57 Å². The highest BCUT2D eigenvalue weighted by atomic mass is 127. The van der Waals surface area contributed by atoms with Crippen LogP contribution in [0.1, 0.15) is 0 Å². The molecule has 1 aromatic rings. The van der Waals surface area contributed by atoms with E-state index in [9.17, 15) is 18.4 Å². The van der Waals surface area contributed by atoms with Gasteiger partial charge in [0.05, 0.1) is 32.1 Å². The zero-order valence-corrected chi connectivity index (χ0v) is 14.3. The first kappa shape index (κ1) is 17.6. The van der Waals surface area contributed by atoms with Gasteiger partial charge in [-0.3, -0.25) is 0 Å². The van der Waals surface area contributed by atoms with E-state index in [1.807, 2.05) is 0 Å². The third-order valence-electron chi connectivity index (χ3n) is 3.12. The number of anilines is 1. The summed E-state index contributed by atoms with van der Waals surface area (Å²) in [5.74, 6) is -3.95. The molecule has 2 rings (SSSR count). The standard InChI is InChI=1S/C14H12F2INO5/c1-21-13(19)7-5-23-6-18(11(7)14(20)22-2)12-9(17)4-3-8(15)10(12)16/h3-4H,5-6H2,1-2H3. The normalized spacial score (nSPS) is 14.7. The first-order valence-corrected chi connectivity index (χ1v) is 7.38. The molecule has 0 spiro atoms. The summed E-state index contributed by atoms with van der Waals surface area (Å²) in [6.45, 7) is -0.456. The Bertz CT molecular complexity index is 692. The summed E-state index contributed by atoms with van der Waals surface area (Å²) in [6.07, 6.45) is 0. The number of benzene rings is 1. The van der Waals surface area contributed by atoms with Gasteiger partial charge in [0.25, 0.3) is 0 Å². The Morgan fingerprint density at radius 1 is 1.22 bits per heavy atom. The Morgan fingerprint density at radius 2 is 1.87 bits per heavy atom. The van der Waals surface area contributed by atoms with E-state index < -0.39 is 23.6 Å². The van der Waals surface area contributed by atoms with Gasteiger partial charge < -0.3 is 19.1 Å². The fraction of sp³-hybridized carbons (Fsp3) is 0.286. The average Bonchev–Trinajstić information content (AvgIpc) is 2.56. The maximum Gasteiger partial charge on any atom is 0.355 e. The van der Waals surface area contributed by atoms with E-state index in [-0.39, 0.29) is 30.3 Å². The molecule has 124 valence electrons. The lowest BCUT2D eigenvalue weighted by Gasteiger charge is -2.32. The molecule has 0 unspecified atom stereocenters. The van der Waals surface area contributed by atoms with Crippen LogP contribution < -0.4 is 4.90 Å². The van der Waals surface area contributed by atoms with Crippen LogP contribution in [0, 0.1) is 15.2 Å². The molecule has 9 heteroatoms. The number of ether oxygens (including phenoxy) is 3. The molecule has 0 aromatic heterocycles. The predicted molar refractivity (Wildman–Crippen MR) is 83.4 cm³/mol. The lowest BCUT2D eigenvalue weighted by atomic mass is 10.1. The van der Waals surface area contributed by atoms with Gasteiger partial charge in [-0.25, -0.2) is 18.4 Å². The van der Waals surface area contributed by atoms with Gasteiger partial charge in [0, 0.05) is 3.57 Å². The van der Waals surface area contributed by atoms with Crippen LogP contribution in [-0.4, -0.2) is 39.5 Å². The van der Waals surface area contributed by atoms with Gasteiger partial charge in [0.1, 0.15) is 12.4 Å². The maximum absolute atomic E-state index is 14.2. The van der Waals surface area contributed by atoms with Gasteiger partial charge in [0.2, 0.25) is 0 Å². The molecule has 0 radical (unpaired) electrons. The van der Waals surface area contributed by atoms with E-state index in [1.165, 1.54) is 6.07 Å². The smallest absolute Gasteiger partial charge is 0.355 e. The minimum atomic E-state index is -1.16. The fourth-order valence-electron chi connectivity index (χ4n) is 2.08. The molecule has 0 amide bonds. The summed E-state index contributed by atoms with van der Waals surface area (Å²) in [4.78, 5) is 25.0. The van der Waals surface area contributed by atoms with Crippen LogP contribution in [0.4, 0.5) is 14.5 Å². The fourth-order valence-corrected chi connectivity index (χ4v) is 2.79. The van der Waals surface area contributed by atoms with Crippen molar-refractivity contribution in [3.63, 3.8) is 0 Å². The summed E-state index contributed by atoms with van der Waals surface area (Å²) >= 11 is 1.79. The number of hydrogen-bond acceptors (Lipinski definition) is 6. The van der Waals surface area contributed by atoms with Crippen molar-refractivity contribution in [2.75, 3.05) is 32.5 Å². The minimum Gasteiger partial charge on any atom is -0.466 e. The molecule has 1 aliphatic rings. The quantitative estimate of drug-likeness (QED) is 0.408. The summed E-state index contributed by atoms with van der Waals surface area (Å²) in [5, 5.41) is 0. The van der Waals surface area contributed by atoms with Crippen LogP contribution in [0.5, 0.6) is 0 Å². The molecular formula is C14H12F2INO5. The largest absolute Gasteiger partial charge is 0.466 e. The summed E-state index contributed by atoms with van der Waals surface area (Å²) in [5.41, 5.74) is -0.592. The molecule has 0 aliphatic carbocycles. The number of methoxy groups -OCH3 is 2. The highest BCUT2D eigenvalue weighted by Crippen LogP contribution is 2.33. The van der Waals surface area contributed by atoms with Crippen molar-refractivity contribution in [1.82, 2.24) is 0 Å². The molecule has 1 heterocycles. The van der Waals surface area contributed by atoms with Crippen LogP contribution in [0.3, 0.4) is 0 Å². The summed E-state index contributed by atoms with van der Waals surface area (Å²) in [6, 6.07) is 2.31. The van der Waals surface area contributed by atoms with E-state index in [4.69, 9.17) is 4.74 Å². The molecule has 1 aliphatic heterocycles. The summed E-state index contributed by atoms with van der Waals surface area (Å²) < 4.78 is 42.6. The SMILES string of the molecule is COC(=O)C1=C(C(=O)OC)N(c2c(I)ccc(F)c2F)COC1. The van der Waals surface area contributed by atoms with Crippen LogP contribution in [0.2, 0.25) is 0 Å². The number of carbonyl (C=O) groups is 2. The first-order chi connectivity index (χ1) is 10.9. The molecular weight excluding hydrogens is 427 g/mol. The van der Waals surface area contributed by atoms with Gasteiger partial charge in [0.15, 0.2) is 11.6 Å². The molecule has 23 heavy (non-hydrogen) atoms.